The van der Waals surface area contributed by atoms with Crippen molar-refractivity contribution < 1.29 is 9.53 Å². The van der Waals surface area contributed by atoms with E-state index in [4.69, 9.17) is 4.74 Å². The van der Waals surface area contributed by atoms with Gasteiger partial charge in [0.2, 0.25) is 0 Å². The first-order valence-corrected chi connectivity index (χ1v) is 6.62. The highest BCUT2D eigenvalue weighted by Crippen LogP contribution is 2.27. The van der Waals surface area contributed by atoms with Crippen LogP contribution in [0.3, 0.4) is 0 Å². The van der Waals surface area contributed by atoms with E-state index in [1.165, 1.54) is 7.11 Å². The second-order valence-corrected chi connectivity index (χ2v) is 4.81. The van der Waals surface area contributed by atoms with Crippen molar-refractivity contribution in [1.29, 1.82) is 0 Å². The van der Waals surface area contributed by atoms with Crippen molar-refractivity contribution >= 4 is 11.6 Å². The Morgan fingerprint density at radius 3 is 2.57 bits per heavy atom. The summed E-state index contributed by atoms with van der Waals surface area (Å²) in [6.45, 7) is 3.77. The molecule has 0 spiro atoms. The van der Waals surface area contributed by atoms with Crippen molar-refractivity contribution in [3.8, 4) is 11.1 Å². The van der Waals surface area contributed by atoms with Gasteiger partial charge in [-0.15, -0.1) is 0 Å². The normalized spacial score (nSPS) is 10.8. The van der Waals surface area contributed by atoms with Crippen molar-refractivity contribution in [3.05, 3.63) is 53.5 Å². The summed E-state index contributed by atoms with van der Waals surface area (Å²) in [5.74, 6) is -0.406. The van der Waals surface area contributed by atoms with Gasteiger partial charge in [-0.05, 0) is 19.4 Å². The number of carbonyl (C=O) groups is 1. The average Bonchev–Trinajstić information content (AvgIpc) is 2.85. The van der Waals surface area contributed by atoms with Crippen molar-refractivity contribution in [2.24, 2.45) is 0 Å². The van der Waals surface area contributed by atoms with Crippen LogP contribution in [0.15, 0.2) is 36.5 Å². The lowest BCUT2D eigenvalue weighted by atomic mass is 10.1. The molecule has 0 aliphatic carbocycles. The van der Waals surface area contributed by atoms with E-state index in [-0.39, 0.29) is 0 Å². The number of hydrogen-bond acceptors (Lipinski definition) is 4. The first-order valence-electron chi connectivity index (χ1n) is 6.62. The monoisotopic (exact) mass is 281 g/mol. The molecule has 0 amide bonds. The van der Waals surface area contributed by atoms with E-state index in [0.29, 0.717) is 5.56 Å². The molecule has 1 aromatic carbocycles. The van der Waals surface area contributed by atoms with E-state index in [0.717, 1.165) is 28.2 Å². The van der Waals surface area contributed by atoms with Gasteiger partial charge in [0.15, 0.2) is 5.65 Å². The van der Waals surface area contributed by atoms with Gasteiger partial charge in [-0.2, -0.15) is 5.10 Å². The number of nitrogens with zero attached hydrogens (tertiary/aromatic N) is 3. The molecule has 3 rings (SSSR count). The standard InChI is InChI=1S/C16H15N3O2/c1-10-14(12-7-5-4-6-8-12)15-17-9-13(16(20)21-3)11(2)19(15)18-10/h4-9H,1-3H3. The Hall–Kier alpha value is -2.69. The SMILES string of the molecule is COC(=O)c1cnc2c(-c3ccccc3)c(C)nn2c1C. The van der Waals surface area contributed by atoms with Crippen LogP contribution in [0.25, 0.3) is 16.8 Å². The lowest BCUT2D eigenvalue weighted by Gasteiger charge is -2.06. The number of ether oxygens (including phenoxy) is 1. The molecule has 2 aromatic heterocycles. The van der Waals surface area contributed by atoms with Crippen LogP contribution in [-0.2, 0) is 4.74 Å². The van der Waals surface area contributed by atoms with Crippen molar-refractivity contribution in [1.82, 2.24) is 14.6 Å². The molecule has 0 saturated heterocycles. The largest absolute Gasteiger partial charge is 0.465 e. The fourth-order valence-corrected chi connectivity index (χ4v) is 2.45. The number of hydrogen-bond donors (Lipinski definition) is 0. The van der Waals surface area contributed by atoms with Gasteiger partial charge in [-0.1, -0.05) is 30.3 Å². The van der Waals surface area contributed by atoms with Crippen LogP contribution < -0.4 is 0 Å². The van der Waals surface area contributed by atoms with Gasteiger partial charge >= 0.3 is 5.97 Å². The molecule has 0 aliphatic heterocycles. The summed E-state index contributed by atoms with van der Waals surface area (Å²) in [5, 5.41) is 4.51. The van der Waals surface area contributed by atoms with E-state index in [9.17, 15) is 4.79 Å². The van der Waals surface area contributed by atoms with Gasteiger partial charge in [0, 0.05) is 11.8 Å². The number of carbonyl (C=O) groups excluding carboxylic acids is 1. The zero-order valence-electron chi connectivity index (χ0n) is 12.1. The number of fused-ring (bicyclic) bond motifs is 1. The number of benzene rings is 1. The van der Waals surface area contributed by atoms with Gasteiger partial charge in [-0.3, -0.25) is 0 Å². The summed E-state index contributed by atoms with van der Waals surface area (Å²) in [6, 6.07) is 9.98. The topological polar surface area (TPSA) is 56.5 Å². The molecule has 5 heteroatoms. The first kappa shape index (κ1) is 13.3. The molecule has 0 fully saturated rings. The Balaban J connectivity index is 2.28. The van der Waals surface area contributed by atoms with Gasteiger partial charge in [0.1, 0.15) is 0 Å². The Labute approximate surface area is 122 Å². The fraction of sp³-hybridized carbons (Fsp3) is 0.188. The number of esters is 1. The maximum absolute atomic E-state index is 11.7. The lowest BCUT2D eigenvalue weighted by molar-refractivity contribution is 0.0598. The van der Waals surface area contributed by atoms with Crippen LogP contribution in [0.2, 0.25) is 0 Å². The molecular formula is C16H15N3O2. The summed E-state index contributed by atoms with van der Waals surface area (Å²) in [6.07, 6.45) is 1.55. The molecule has 2 heterocycles. The van der Waals surface area contributed by atoms with E-state index < -0.39 is 5.97 Å². The van der Waals surface area contributed by atoms with Crippen LogP contribution >= 0.6 is 0 Å². The van der Waals surface area contributed by atoms with E-state index in [2.05, 4.69) is 10.1 Å². The molecule has 0 N–H and O–H groups in total. The van der Waals surface area contributed by atoms with E-state index in [1.54, 1.807) is 10.7 Å². The Kier molecular flexibility index (Phi) is 3.17. The summed E-state index contributed by atoms with van der Waals surface area (Å²) in [7, 11) is 1.36. The predicted molar refractivity (Wildman–Crippen MR) is 79.2 cm³/mol. The van der Waals surface area contributed by atoms with Crippen LogP contribution in [0.5, 0.6) is 0 Å². The minimum atomic E-state index is -0.406. The average molecular weight is 281 g/mol. The zero-order valence-corrected chi connectivity index (χ0v) is 12.1. The van der Waals surface area contributed by atoms with Crippen LogP contribution in [0.4, 0.5) is 0 Å². The maximum atomic E-state index is 11.7. The summed E-state index contributed by atoms with van der Waals surface area (Å²) in [4.78, 5) is 16.1. The fourth-order valence-electron chi connectivity index (χ4n) is 2.45. The lowest BCUT2D eigenvalue weighted by Crippen LogP contribution is -2.09. The van der Waals surface area contributed by atoms with Crippen molar-refractivity contribution in [3.63, 3.8) is 0 Å². The molecule has 0 bridgehead atoms. The second-order valence-electron chi connectivity index (χ2n) is 4.81. The van der Waals surface area contributed by atoms with E-state index >= 15 is 0 Å². The van der Waals surface area contributed by atoms with Crippen LogP contribution in [0.1, 0.15) is 21.7 Å². The van der Waals surface area contributed by atoms with Gasteiger partial charge in [0.25, 0.3) is 0 Å². The number of rotatable bonds is 2. The van der Waals surface area contributed by atoms with Crippen molar-refractivity contribution in [2.45, 2.75) is 13.8 Å². The summed E-state index contributed by atoms with van der Waals surface area (Å²) < 4.78 is 6.47. The minimum Gasteiger partial charge on any atom is -0.465 e. The molecule has 5 nitrogen and oxygen atoms in total. The predicted octanol–water partition coefficient (Wildman–Crippen LogP) is 2.80. The Morgan fingerprint density at radius 1 is 1.19 bits per heavy atom. The van der Waals surface area contributed by atoms with Gasteiger partial charge in [0.05, 0.1) is 24.1 Å². The molecule has 21 heavy (non-hydrogen) atoms. The van der Waals surface area contributed by atoms with Gasteiger partial charge in [-0.25, -0.2) is 14.3 Å². The van der Waals surface area contributed by atoms with Crippen LogP contribution in [0, 0.1) is 13.8 Å². The molecule has 106 valence electrons. The quantitative estimate of drug-likeness (QED) is 0.678. The molecule has 0 aliphatic rings. The second kappa shape index (κ2) is 5.01. The molecular weight excluding hydrogens is 266 g/mol. The molecule has 0 saturated carbocycles. The highest BCUT2D eigenvalue weighted by atomic mass is 16.5. The molecule has 0 atom stereocenters. The third-order valence-corrected chi connectivity index (χ3v) is 3.53. The maximum Gasteiger partial charge on any atom is 0.341 e. The van der Waals surface area contributed by atoms with Gasteiger partial charge < -0.3 is 4.74 Å². The van der Waals surface area contributed by atoms with E-state index in [1.807, 2.05) is 44.2 Å². The summed E-state index contributed by atoms with van der Waals surface area (Å²) in [5.41, 5.74) is 4.80. The first-order chi connectivity index (χ1) is 10.1. The smallest absolute Gasteiger partial charge is 0.341 e. The third-order valence-electron chi connectivity index (χ3n) is 3.53. The minimum absolute atomic E-state index is 0.406. The third kappa shape index (κ3) is 2.07. The molecule has 0 unspecified atom stereocenters. The molecule has 3 aromatic rings. The number of aryl methyl sites for hydroxylation is 2. The Morgan fingerprint density at radius 2 is 1.90 bits per heavy atom. The molecule has 0 radical (unpaired) electrons. The number of methoxy groups -OCH3 is 1. The van der Waals surface area contributed by atoms with Crippen LogP contribution in [-0.4, -0.2) is 27.7 Å². The number of aromatic nitrogens is 3. The summed E-state index contributed by atoms with van der Waals surface area (Å²) >= 11 is 0. The zero-order chi connectivity index (χ0) is 15.0. The Bertz CT molecular complexity index is 822. The highest BCUT2D eigenvalue weighted by Gasteiger charge is 2.18. The van der Waals surface area contributed by atoms with Crippen molar-refractivity contribution in [2.75, 3.05) is 7.11 Å². The highest BCUT2D eigenvalue weighted by molar-refractivity contribution is 5.91.